The molecule has 0 radical (unpaired) electrons. The maximum absolute atomic E-state index is 13.2. The highest BCUT2D eigenvalue weighted by atomic mass is 19.1. The summed E-state index contributed by atoms with van der Waals surface area (Å²) in [6, 6.07) is 5.22. The van der Waals surface area contributed by atoms with E-state index < -0.39 is 22.8 Å². The van der Waals surface area contributed by atoms with Gasteiger partial charge >= 0.3 is 0 Å². The standard InChI is InChI=1S/C9HFN6/c10-9(16-7(3-13)4-14)8(5-15)6(1-11)2-12/h13H. The summed E-state index contributed by atoms with van der Waals surface area (Å²) in [5, 5.41) is 40.1. The minimum absolute atomic E-state index is 0.708. The first-order valence-electron chi connectivity index (χ1n) is 3.53. The third-order valence-electron chi connectivity index (χ3n) is 1.23. The van der Waals surface area contributed by atoms with Gasteiger partial charge in [-0.15, -0.1) is 0 Å². The Bertz CT molecular complexity index is 561. The molecule has 0 unspecified atom stereocenters. The van der Waals surface area contributed by atoms with Crippen molar-refractivity contribution in [1.29, 1.82) is 26.5 Å². The van der Waals surface area contributed by atoms with E-state index in [1.54, 1.807) is 0 Å². The average molecular weight is 212 g/mol. The molecule has 0 aliphatic rings. The molecule has 0 aromatic rings. The molecule has 6 nitrogen and oxygen atoms in total. The van der Waals surface area contributed by atoms with Crippen molar-refractivity contribution in [2.24, 2.45) is 4.99 Å². The molecule has 0 rings (SSSR count). The zero-order chi connectivity index (χ0) is 12.6. The highest BCUT2D eigenvalue weighted by Crippen LogP contribution is 2.07. The fourth-order valence-electron chi connectivity index (χ4n) is 0.577. The zero-order valence-corrected chi connectivity index (χ0v) is 7.61. The number of nitrogens with one attached hydrogen (secondary N) is 1. The van der Waals surface area contributed by atoms with Crippen molar-refractivity contribution >= 4 is 11.8 Å². The SMILES string of the molecule is N#CC(=C=N)N=C(F)C(C#N)=C(C#N)C#N. The van der Waals surface area contributed by atoms with E-state index in [1.807, 2.05) is 0 Å². The van der Waals surface area contributed by atoms with E-state index in [0.717, 1.165) is 0 Å². The Hall–Kier alpha value is -3.25. The first-order valence-corrected chi connectivity index (χ1v) is 3.53. The molecule has 7 heteroatoms. The molecule has 74 valence electrons. The van der Waals surface area contributed by atoms with Crippen LogP contribution in [0, 0.1) is 50.7 Å². The largest absolute Gasteiger partial charge is 0.256 e. The lowest BCUT2D eigenvalue weighted by Crippen LogP contribution is -1.98. The van der Waals surface area contributed by atoms with Gasteiger partial charge in [0.1, 0.15) is 29.8 Å². The molecule has 0 aromatic heterocycles. The average Bonchev–Trinajstić information content (AvgIpc) is 2.32. The van der Waals surface area contributed by atoms with E-state index in [0.29, 0.717) is 0 Å². The molecule has 0 atom stereocenters. The fourth-order valence-corrected chi connectivity index (χ4v) is 0.577. The van der Waals surface area contributed by atoms with Crippen LogP contribution in [0.3, 0.4) is 0 Å². The van der Waals surface area contributed by atoms with Gasteiger partial charge in [0.15, 0.2) is 5.57 Å². The van der Waals surface area contributed by atoms with Crippen LogP contribution in [0.1, 0.15) is 0 Å². The lowest BCUT2D eigenvalue weighted by molar-refractivity contribution is 0.805. The minimum Gasteiger partial charge on any atom is -0.256 e. The van der Waals surface area contributed by atoms with Gasteiger partial charge in [0.25, 0.3) is 0 Å². The van der Waals surface area contributed by atoms with Crippen LogP contribution in [0.5, 0.6) is 0 Å². The quantitative estimate of drug-likeness (QED) is 0.537. The number of hydrogen-bond acceptors (Lipinski definition) is 6. The highest BCUT2D eigenvalue weighted by molar-refractivity contribution is 6.00. The van der Waals surface area contributed by atoms with Crippen LogP contribution in [0.2, 0.25) is 0 Å². The third-order valence-corrected chi connectivity index (χ3v) is 1.23. The van der Waals surface area contributed by atoms with Crippen LogP contribution in [0.4, 0.5) is 4.39 Å². The zero-order valence-electron chi connectivity index (χ0n) is 7.61. The number of aliphatic imine (C=N–C) groups is 1. The second-order valence-corrected chi connectivity index (χ2v) is 2.07. The Morgan fingerprint density at radius 2 is 1.56 bits per heavy atom. The van der Waals surface area contributed by atoms with Crippen molar-refractivity contribution in [2.45, 2.75) is 0 Å². The smallest absolute Gasteiger partial charge is 0.234 e. The van der Waals surface area contributed by atoms with E-state index >= 15 is 0 Å². The van der Waals surface area contributed by atoms with Crippen LogP contribution in [0.25, 0.3) is 0 Å². The topological polar surface area (TPSA) is 131 Å². The summed E-state index contributed by atoms with van der Waals surface area (Å²) >= 11 is 0. The van der Waals surface area contributed by atoms with Gasteiger partial charge < -0.3 is 0 Å². The van der Waals surface area contributed by atoms with Gasteiger partial charge in [-0.3, -0.25) is 5.41 Å². The summed E-state index contributed by atoms with van der Waals surface area (Å²) in [7, 11) is 0. The molecule has 0 aliphatic heterocycles. The Morgan fingerprint density at radius 1 is 1.00 bits per heavy atom. The molecular formula is C9HFN6. The van der Waals surface area contributed by atoms with Crippen LogP contribution >= 0.6 is 0 Å². The van der Waals surface area contributed by atoms with E-state index in [2.05, 4.69) is 4.99 Å². The van der Waals surface area contributed by atoms with Crippen LogP contribution < -0.4 is 0 Å². The van der Waals surface area contributed by atoms with Crippen molar-refractivity contribution < 1.29 is 4.39 Å². The van der Waals surface area contributed by atoms with Crippen molar-refractivity contribution in [1.82, 2.24) is 0 Å². The number of allylic oxidation sites excluding steroid dienone is 3. The summed E-state index contributed by atoms with van der Waals surface area (Å²) in [6.07, 6.45) is 0. The van der Waals surface area contributed by atoms with E-state index in [4.69, 9.17) is 26.5 Å². The highest BCUT2D eigenvalue weighted by Gasteiger charge is 2.13. The third kappa shape index (κ3) is 2.91. The van der Waals surface area contributed by atoms with Crippen LogP contribution in [-0.4, -0.2) is 11.8 Å². The lowest BCUT2D eigenvalue weighted by Gasteiger charge is -1.91. The Labute approximate surface area is 89.6 Å². The number of halogens is 1. The van der Waals surface area contributed by atoms with Gasteiger partial charge in [-0.25, -0.2) is 0 Å². The summed E-state index contributed by atoms with van der Waals surface area (Å²) < 4.78 is 13.2. The summed E-state index contributed by atoms with van der Waals surface area (Å²) in [5.41, 5.74) is -2.35. The normalized spacial score (nSPS) is 8.44. The molecular weight excluding hydrogens is 211 g/mol. The van der Waals surface area contributed by atoms with Gasteiger partial charge in [0.05, 0.1) is 0 Å². The van der Waals surface area contributed by atoms with Gasteiger partial charge in [-0.1, -0.05) is 0 Å². The molecule has 16 heavy (non-hydrogen) atoms. The van der Waals surface area contributed by atoms with Gasteiger partial charge in [-0.05, 0) is 0 Å². The maximum atomic E-state index is 13.2. The second kappa shape index (κ2) is 6.24. The molecule has 0 saturated carbocycles. The Balaban J connectivity index is 5.74. The van der Waals surface area contributed by atoms with E-state index in [1.165, 1.54) is 30.1 Å². The number of hydrogen-bond donors (Lipinski definition) is 1. The molecule has 0 bridgehead atoms. The molecule has 1 N–H and O–H groups in total. The Kier molecular flexibility index (Phi) is 4.97. The van der Waals surface area contributed by atoms with E-state index in [-0.39, 0.29) is 0 Å². The maximum Gasteiger partial charge on any atom is 0.234 e. The predicted molar refractivity (Wildman–Crippen MR) is 49.3 cm³/mol. The molecule has 0 amide bonds. The van der Waals surface area contributed by atoms with Crippen LogP contribution in [-0.2, 0) is 0 Å². The number of nitrogens with zero attached hydrogens (tertiary/aromatic N) is 5. The molecule has 0 heterocycles. The summed E-state index contributed by atoms with van der Waals surface area (Å²) in [6.45, 7) is 0. The van der Waals surface area contributed by atoms with Crippen molar-refractivity contribution in [2.75, 3.05) is 0 Å². The van der Waals surface area contributed by atoms with Crippen molar-refractivity contribution in [3.8, 4) is 24.3 Å². The molecule has 0 aromatic carbocycles. The number of rotatable bonds is 2. The van der Waals surface area contributed by atoms with E-state index in [9.17, 15) is 4.39 Å². The van der Waals surface area contributed by atoms with Crippen LogP contribution in [0.15, 0.2) is 21.8 Å². The lowest BCUT2D eigenvalue weighted by atomic mass is 10.1. The molecule has 0 saturated heterocycles. The minimum atomic E-state index is -1.48. The first-order chi connectivity index (χ1) is 7.64. The summed E-state index contributed by atoms with van der Waals surface area (Å²) in [4.78, 5) is 2.93. The summed E-state index contributed by atoms with van der Waals surface area (Å²) in [5.74, 6) is 0.0417. The molecule has 0 aliphatic carbocycles. The second-order valence-electron chi connectivity index (χ2n) is 2.07. The predicted octanol–water partition coefficient (Wildman–Crippen LogP) is 0.878. The van der Waals surface area contributed by atoms with Crippen molar-refractivity contribution in [3.05, 3.63) is 16.8 Å². The van der Waals surface area contributed by atoms with Gasteiger partial charge in [0, 0.05) is 5.87 Å². The van der Waals surface area contributed by atoms with Gasteiger partial charge in [0.2, 0.25) is 11.7 Å². The number of nitriles is 4. The molecule has 0 fully saturated rings. The monoisotopic (exact) mass is 212 g/mol. The Morgan fingerprint density at radius 3 is 1.88 bits per heavy atom. The van der Waals surface area contributed by atoms with Gasteiger partial charge in [-0.2, -0.15) is 30.4 Å². The fraction of sp³-hybridized carbons (Fsp3) is 0. The molecule has 0 spiro atoms. The first kappa shape index (κ1) is 12.8. The van der Waals surface area contributed by atoms with Crippen molar-refractivity contribution in [3.63, 3.8) is 0 Å².